The van der Waals surface area contributed by atoms with Crippen LogP contribution in [-0.4, -0.2) is 23.0 Å². The van der Waals surface area contributed by atoms with Crippen molar-refractivity contribution in [1.82, 2.24) is 9.55 Å². The molecule has 4 heteroatoms. The summed E-state index contributed by atoms with van der Waals surface area (Å²) < 4.78 is 2.41. The molecule has 15 heavy (non-hydrogen) atoms. The number of fused-ring (bicyclic) bond motifs is 3. The molecule has 1 aliphatic heterocycles. The molecule has 78 valence electrons. The summed E-state index contributed by atoms with van der Waals surface area (Å²) in [7, 11) is -1.04. The minimum Gasteiger partial charge on any atom is -0.322 e. The number of rotatable bonds is 0. The Labute approximate surface area is 94.7 Å². The quantitative estimate of drug-likeness (QED) is 0.652. The number of imidazole rings is 1. The van der Waals surface area contributed by atoms with Crippen molar-refractivity contribution in [2.45, 2.75) is 24.4 Å². The van der Waals surface area contributed by atoms with E-state index in [1.54, 1.807) is 0 Å². The molecule has 0 bridgehead atoms. The molecule has 2 aromatic rings. The van der Waals surface area contributed by atoms with Crippen LogP contribution in [0.5, 0.6) is 0 Å². The molecule has 0 aliphatic carbocycles. The van der Waals surface area contributed by atoms with E-state index < -0.39 is 8.07 Å². The molecule has 2 nitrogen and oxygen atoms in total. The van der Waals surface area contributed by atoms with E-state index >= 15 is 0 Å². The number of aromatic nitrogens is 2. The first-order valence-corrected chi connectivity index (χ1v) is 9.64. The molecule has 0 spiro atoms. The average molecular weight is 234 g/mol. The molecule has 1 aromatic carbocycles. The van der Waals surface area contributed by atoms with Crippen LogP contribution in [0.3, 0.4) is 0 Å². The second-order valence-electron chi connectivity index (χ2n) is 4.92. The van der Waals surface area contributed by atoms with Crippen LogP contribution in [-0.2, 0) is 6.17 Å². The average Bonchev–Trinajstić information content (AvgIpc) is 2.55. The van der Waals surface area contributed by atoms with Gasteiger partial charge in [0, 0.05) is 6.17 Å². The number of hydrogen-bond donors (Lipinski definition) is 0. The molecule has 0 atom stereocenters. The van der Waals surface area contributed by atoms with E-state index in [0.29, 0.717) is 0 Å². The van der Waals surface area contributed by atoms with Crippen LogP contribution >= 0.6 is 11.8 Å². The van der Waals surface area contributed by atoms with Crippen molar-refractivity contribution in [3.8, 4) is 0 Å². The van der Waals surface area contributed by atoms with Crippen molar-refractivity contribution in [3.63, 3.8) is 0 Å². The fourth-order valence-electron chi connectivity index (χ4n) is 2.05. The molecule has 0 N–H and O–H groups in total. The second kappa shape index (κ2) is 3.12. The van der Waals surface area contributed by atoms with Gasteiger partial charge in [0.15, 0.2) is 5.16 Å². The lowest BCUT2D eigenvalue weighted by Gasteiger charge is -2.28. The molecule has 0 amide bonds. The van der Waals surface area contributed by atoms with Crippen LogP contribution < -0.4 is 0 Å². The molecule has 0 saturated heterocycles. The Bertz CT molecular complexity index is 518. The van der Waals surface area contributed by atoms with Gasteiger partial charge in [-0.1, -0.05) is 37.0 Å². The summed E-state index contributed by atoms with van der Waals surface area (Å²) in [6, 6.07) is 8.46. The Hall–Kier alpha value is -0.743. The predicted octanol–water partition coefficient (Wildman–Crippen LogP) is 2.93. The predicted molar refractivity (Wildman–Crippen MR) is 67.9 cm³/mol. The minimum absolute atomic E-state index is 1.04. The zero-order chi connectivity index (χ0) is 10.5. The fraction of sp³-hybridized carbons (Fsp3) is 0.364. The van der Waals surface area contributed by atoms with Crippen molar-refractivity contribution in [2.75, 3.05) is 5.38 Å². The molecule has 0 saturated carbocycles. The van der Waals surface area contributed by atoms with Gasteiger partial charge in [0.05, 0.1) is 19.1 Å². The summed E-state index contributed by atoms with van der Waals surface area (Å²) in [6.45, 7) is 4.91. The highest BCUT2D eigenvalue weighted by Crippen LogP contribution is 2.32. The minimum atomic E-state index is -1.04. The van der Waals surface area contributed by atoms with E-state index in [4.69, 9.17) is 0 Å². The maximum Gasteiger partial charge on any atom is 0.168 e. The van der Waals surface area contributed by atoms with Crippen LogP contribution in [0.1, 0.15) is 0 Å². The maximum absolute atomic E-state index is 4.67. The first-order chi connectivity index (χ1) is 7.16. The summed E-state index contributed by atoms with van der Waals surface area (Å²) >= 11 is 1.93. The largest absolute Gasteiger partial charge is 0.322 e. The Morgan fingerprint density at radius 2 is 2.13 bits per heavy atom. The molecular formula is C11H14N2SSi. The highest BCUT2D eigenvalue weighted by Gasteiger charge is 2.29. The van der Waals surface area contributed by atoms with E-state index in [9.17, 15) is 0 Å². The molecule has 1 aliphatic rings. The number of thioether (sulfide) groups is 1. The van der Waals surface area contributed by atoms with Gasteiger partial charge in [-0.05, 0) is 17.5 Å². The summed E-state index contributed by atoms with van der Waals surface area (Å²) in [5.41, 5.74) is 2.45. The third-order valence-corrected chi connectivity index (χ3v) is 8.24. The monoisotopic (exact) mass is 234 g/mol. The van der Waals surface area contributed by atoms with Gasteiger partial charge in [-0.3, -0.25) is 0 Å². The summed E-state index contributed by atoms with van der Waals surface area (Å²) in [4.78, 5) is 4.67. The topological polar surface area (TPSA) is 17.8 Å². The number of benzene rings is 1. The summed E-state index contributed by atoms with van der Waals surface area (Å²) in [5.74, 6) is 0. The SMILES string of the molecule is C[Si]1(C)CSc2nc3ccccc3n2C1. The lowest BCUT2D eigenvalue weighted by Crippen LogP contribution is -2.39. The highest BCUT2D eigenvalue weighted by molar-refractivity contribution is 8.00. The molecule has 0 fully saturated rings. The van der Waals surface area contributed by atoms with Crippen molar-refractivity contribution >= 4 is 30.9 Å². The molecule has 3 rings (SSSR count). The Morgan fingerprint density at radius 3 is 3.00 bits per heavy atom. The fourth-order valence-corrected chi connectivity index (χ4v) is 6.27. The Balaban J connectivity index is 2.22. The zero-order valence-electron chi connectivity index (χ0n) is 9.03. The van der Waals surface area contributed by atoms with Crippen LogP contribution in [0.25, 0.3) is 11.0 Å². The lowest BCUT2D eigenvalue weighted by molar-refractivity contribution is 0.762. The van der Waals surface area contributed by atoms with Crippen molar-refractivity contribution in [1.29, 1.82) is 0 Å². The van der Waals surface area contributed by atoms with Crippen molar-refractivity contribution in [2.24, 2.45) is 0 Å². The van der Waals surface area contributed by atoms with Gasteiger partial charge in [-0.2, -0.15) is 0 Å². The van der Waals surface area contributed by atoms with Gasteiger partial charge in [0.2, 0.25) is 0 Å². The van der Waals surface area contributed by atoms with Gasteiger partial charge in [0.25, 0.3) is 0 Å². The van der Waals surface area contributed by atoms with Gasteiger partial charge in [0.1, 0.15) is 0 Å². The smallest absolute Gasteiger partial charge is 0.168 e. The lowest BCUT2D eigenvalue weighted by atomic mass is 10.3. The number of para-hydroxylation sites is 2. The molecule has 2 heterocycles. The third kappa shape index (κ3) is 1.52. The Morgan fingerprint density at radius 1 is 1.33 bits per heavy atom. The van der Waals surface area contributed by atoms with Gasteiger partial charge in [-0.15, -0.1) is 0 Å². The summed E-state index contributed by atoms with van der Waals surface area (Å²) in [6.07, 6.45) is 1.22. The zero-order valence-corrected chi connectivity index (χ0v) is 10.8. The van der Waals surface area contributed by atoms with Crippen LogP contribution in [0.4, 0.5) is 0 Å². The van der Waals surface area contributed by atoms with E-state index in [0.717, 1.165) is 5.52 Å². The van der Waals surface area contributed by atoms with E-state index in [2.05, 4.69) is 46.9 Å². The summed E-state index contributed by atoms with van der Waals surface area (Å²) in [5, 5.41) is 2.51. The van der Waals surface area contributed by atoms with Crippen LogP contribution in [0, 0.1) is 0 Å². The van der Waals surface area contributed by atoms with Gasteiger partial charge in [-0.25, -0.2) is 4.98 Å². The second-order valence-corrected chi connectivity index (χ2v) is 11.4. The molecular weight excluding hydrogens is 220 g/mol. The maximum atomic E-state index is 4.67. The van der Waals surface area contributed by atoms with E-state index in [1.807, 2.05) is 11.8 Å². The molecule has 1 aromatic heterocycles. The first kappa shape index (κ1) is 9.48. The van der Waals surface area contributed by atoms with Crippen molar-refractivity contribution < 1.29 is 0 Å². The van der Waals surface area contributed by atoms with Crippen LogP contribution in [0.2, 0.25) is 13.1 Å². The van der Waals surface area contributed by atoms with E-state index in [-0.39, 0.29) is 0 Å². The van der Waals surface area contributed by atoms with Gasteiger partial charge >= 0.3 is 0 Å². The normalized spacial score (nSPS) is 19.1. The standard InChI is InChI=1S/C11H14N2SSi/c1-15(2)7-13-10-6-4-3-5-9(10)12-11(13)14-8-15/h3-6H,7-8H2,1-2H3. The molecule has 0 unspecified atom stereocenters. The van der Waals surface area contributed by atoms with Crippen molar-refractivity contribution in [3.05, 3.63) is 24.3 Å². The third-order valence-electron chi connectivity index (χ3n) is 2.80. The Kier molecular flexibility index (Phi) is 1.97. The first-order valence-electron chi connectivity index (χ1n) is 5.24. The molecule has 0 radical (unpaired) electrons. The highest BCUT2D eigenvalue weighted by atomic mass is 32.2. The number of nitrogens with zero attached hydrogens (tertiary/aromatic N) is 2. The van der Waals surface area contributed by atoms with E-state index in [1.165, 1.54) is 22.2 Å². The van der Waals surface area contributed by atoms with Gasteiger partial charge < -0.3 is 4.57 Å². The number of hydrogen-bond acceptors (Lipinski definition) is 2. The van der Waals surface area contributed by atoms with Crippen LogP contribution in [0.15, 0.2) is 29.4 Å².